The van der Waals surface area contributed by atoms with Crippen LogP contribution in [-0.4, -0.2) is 59.2 Å². The summed E-state index contributed by atoms with van der Waals surface area (Å²) in [4.78, 5) is 30.3. The number of fused-ring (bicyclic) bond motifs is 2. The fourth-order valence-electron chi connectivity index (χ4n) is 3.60. The molecule has 1 amide bonds. The van der Waals surface area contributed by atoms with Gasteiger partial charge in [-0.05, 0) is 18.2 Å². The van der Waals surface area contributed by atoms with Gasteiger partial charge in [0.25, 0.3) is 5.91 Å². The van der Waals surface area contributed by atoms with Gasteiger partial charge in [0.2, 0.25) is 5.75 Å². The van der Waals surface area contributed by atoms with Crippen LogP contribution in [0.4, 0.5) is 5.69 Å². The van der Waals surface area contributed by atoms with Crippen LogP contribution in [0, 0.1) is 0 Å². The number of nitrogens with zero attached hydrogens (tertiary/aromatic N) is 1. The second-order valence-electron chi connectivity index (χ2n) is 7.13. The predicted molar refractivity (Wildman–Crippen MR) is 111 cm³/mol. The van der Waals surface area contributed by atoms with Gasteiger partial charge in [0.05, 0.1) is 19.6 Å². The molecular formula is C20H19ClN2O8. The van der Waals surface area contributed by atoms with Gasteiger partial charge >= 0.3 is 5.63 Å². The molecule has 10 nitrogen and oxygen atoms in total. The fraction of sp³-hybridized carbons (Fsp3) is 0.350. The highest BCUT2D eigenvalue weighted by atomic mass is 35.5. The minimum absolute atomic E-state index is 0.146. The smallest absolute Gasteiger partial charge is 0.360 e. The van der Waals surface area contributed by atoms with Gasteiger partial charge in [-0.2, -0.15) is 0 Å². The summed E-state index contributed by atoms with van der Waals surface area (Å²) < 4.78 is 15.8. The zero-order valence-corrected chi connectivity index (χ0v) is 17.3. The molecule has 3 unspecified atom stereocenters. The highest BCUT2D eigenvalue weighted by Crippen LogP contribution is 2.37. The molecule has 0 saturated heterocycles. The number of benzene rings is 1. The predicted octanol–water partition coefficient (Wildman–Crippen LogP) is 1.16. The molecule has 11 heteroatoms. The number of oxime groups is 1. The Kier molecular flexibility index (Phi) is 5.38. The number of ether oxygens (including phenoxy) is 2. The van der Waals surface area contributed by atoms with E-state index in [0.717, 1.165) is 0 Å². The van der Waals surface area contributed by atoms with Gasteiger partial charge in [-0.3, -0.25) is 4.79 Å². The molecule has 4 rings (SSSR count). The largest absolute Gasteiger partial charge is 0.493 e. The Morgan fingerprint density at radius 1 is 1.32 bits per heavy atom. The number of nitrogens with one attached hydrogen (secondary N) is 1. The van der Waals surface area contributed by atoms with Crippen LogP contribution in [0.1, 0.15) is 6.42 Å². The van der Waals surface area contributed by atoms with Gasteiger partial charge < -0.3 is 34.3 Å². The van der Waals surface area contributed by atoms with E-state index in [-0.39, 0.29) is 29.2 Å². The van der Waals surface area contributed by atoms with Crippen LogP contribution in [0.15, 0.2) is 44.7 Å². The van der Waals surface area contributed by atoms with Gasteiger partial charge in [-0.25, -0.2) is 4.79 Å². The van der Waals surface area contributed by atoms with Crippen molar-refractivity contribution >= 4 is 39.9 Å². The molecule has 4 atom stereocenters. The third-order valence-electron chi connectivity index (χ3n) is 5.24. The van der Waals surface area contributed by atoms with Crippen LogP contribution in [-0.2, 0) is 9.63 Å². The molecule has 3 N–H and O–H groups in total. The molecule has 0 saturated carbocycles. The molecule has 2 heterocycles. The summed E-state index contributed by atoms with van der Waals surface area (Å²) in [6.45, 7) is 0. The van der Waals surface area contributed by atoms with Gasteiger partial charge in [0, 0.05) is 11.8 Å². The quantitative estimate of drug-likeness (QED) is 0.358. The molecule has 164 valence electrons. The van der Waals surface area contributed by atoms with Crippen LogP contribution in [0.5, 0.6) is 11.5 Å². The van der Waals surface area contributed by atoms with Crippen molar-refractivity contribution in [3.8, 4) is 11.5 Å². The normalized spacial score (nSPS) is 27.1. The number of carbonyl (C=O) groups excluding carboxylic acids is 1. The lowest BCUT2D eigenvalue weighted by atomic mass is 9.79. The number of alkyl halides is 1. The van der Waals surface area contributed by atoms with Gasteiger partial charge in [0.15, 0.2) is 17.4 Å². The average Bonchev–Trinajstić information content (AvgIpc) is 2.76. The Labute approximate surface area is 180 Å². The summed E-state index contributed by atoms with van der Waals surface area (Å²) in [6.07, 6.45) is 0.272. The molecule has 0 spiro atoms. The van der Waals surface area contributed by atoms with Crippen molar-refractivity contribution in [2.45, 2.75) is 29.6 Å². The van der Waals surface area contributed by atoms with E-state index in [9.17, 15) is 19.8 Å². The Morgan fingerprint density at radius 2 is 2.10 bits per heavy atom. The Morgan fingerprint density at radius 3 is 2.81 bits per heavy atom. The summed E-state index contributed by atoms with van der Waals surface area (Å²) in [5, 5.41) is 26.6. The molecule has 31 heavy (non-hydrogen) atoms. The minimum Gasteiger partial charge on any atom is -0.493 e. The van der Waals surface area contributed by atoms with E-state index >= 15 is 0 Å². The van der Waals surface area contributed by atoms with E-state index in [1.807, 2.05) is 0 Å². The van der Waals surface area contributed by atoms with E-state index in [1.165, 1.54) is 32.4 Å². The number of carbonyl (C=O) groups is 1. The topological polar surface area (TPSA) is 140 Å². The summed E-state index contributed by atoms with van der Waals surface area (Å²) >= 11 is 6.17. The number of rotatable bonds is 4. The van der Waals surface area contributed by atoms with Crippen LogP contribution in [0.2, 0.25) is 0 Å². The summed E-state index contributed by atoms with van der Waals surface area (Å²) in [5.41, 5.74) is -2.76. The number of hydrogen-bond acceptors (Lipinski definition) is 9. The molecule has 0 bridgehead atoms. The number of aliphatic hydroxyl groups is 2. The number of hydrogen-bond donors (Lipinski definition) is 3. The lowest BCUT2D eigenvalue weighted by molar-refractivity contribution is -0.153. The van der Waals surface area contributed by atoms with Gasteiger partial charge in [-0.1, -0.05) is 17.3 Å². The second kappa shape index (κ2) is 7.88. The maximum absolute atomic E-state index is 12.7. The summed E-state index contributed by atoms with van der Waals surface area (Å²) in [7, 11) is 2.86. The number of aliphatic hydroxyl groups excluding tert-OH is 1. The maximum Gasteiger partial charge on any atom is 0.360 e. The zero-order valence-electron chi connectivity index (χ0n) is 16.5. The number of amides is 1. The number of anilines is 1. The highest BCUT2D eigenvalue weighted by molar-refractivity contribution is 6.43. The van der Waals surface area contributed by atoms with E-state index < -0.39 is 34.7 Å². The van der Waals surface area contributed by atoms with Crippen molar-refractivity contribution in [3.05, 3.63) is 40.8 Å². The summed E-state index contributed by atoms with van der Waals surface area (Å²) in [6, 6.07) is 4.68. The first kappa shape index (κ1) is 21.2. The van der Waals surface area contributed by atoms with E-state index in [0.29, 0.717) is 11.1 Å². The van der Waals surface area contributed by atoms with Crippen molar-refractivity contribution in [2.75, 3.05) is 19.5 Å². The number of halogens is 1. The Balaban J connectivity index is 1.62. The van der Waals surface area contributed by atoms with Crippen molar-refractivity contribution in [1.82, 2.24) is 0 Å². The zero-order chi connectivity index (χ0) is 22.3. The minimum atomic E-state index is -1.75. The molecule has 1 aromatic heterocycles. The Hall–Kier alpha value is -3.08. The molecule has 0 radical (unpaired) electrons. The fourth-order valence-corrected chi connectivity index (χ4v) is 3.89. The molecule has 2 aromatic rings. The van der Waals surface area contributed by atoms with Crippen LogP contribution in [0.3, 0.4) is 0 Å². The van der Waals surface area contributed by atoms with Crippen molar-refractivity contribution < 1.29 is 33.7 Å². The molecule has 1 aliphatic heterocycles. The van der Waals surface area contributed by atoms with E-state index in [1.54, 1.807) is 12.1 Å². The van der Waals surface area contributed by atoms with Crippen molar-refractivity contribution in [2.24, 2.45) is 5.16 Å². The van der Waals surface area contributed by atoms with Gasteiger partial charge in [0.1, 0.15) is 23.1 Å². The first-order chi connectivity index (χ1) is 14.8. The monoisotopic (exact) mass is 450 g/mol. The lowest BCUT2D eigenvalue weighted by Gasteiger charge is -2.43. The lowest BCUT2D eigenvalue weighted by Crippen LogP contribution is -2.60. The van der Waals surface area contributed by atoms with Crippen molar-refractivity contribution in [3.63, 3.8) is 0 Å². The van der Waals surface area contributed by atoms with Crippen LogP contribution < -0.4 is 20.4 Å². The SMILES string of the molecule is COc1ccc2cc(NC(=O)C3=NOC4C(O)C=C[C@@H](Cl)C4(O)C3)c(=O)oc2c1OC. The highest BCUT2D eigenvalue weighted by Gasteiger charge is 2.53. The Bertz CT molecular complexity index is 1160. The molecule has 0 fully saturated rings. The van der Waals surface area contributed by atoms with E-state index in [4.69, 9.17) is 30.3 Å². The van der Waals surface area contributed by atoms with Crippen LogP contribution in [0.25, 0.3) is 11.0 Å². The third-order valence-corrected chi connectivity index (χ3v) is 5.76. The average molecular weight is 451 g/mol. The first-order valence-corrected chi connectivity index (χ1v) is 9.68. The molecule has 1 aliphatic carbocycles. The maximum atomic E-state index is 12.7. The van der Waals surface area contributed by atoms with Gasteiger partial charge in [-0.15, -0.1) is 11.6 Å². The van der Waals surface area contributed by atoms with Crippen molar-refractivity contribution in [1.29, 1.82) is 0 Å². The van der Waals surface area contributed by atoms with Crippen LogP contribution >= 0.6 is 11.6 Å². The molecule has 1 aromatic carbocycles. The third kappa shape index (κ3) is 3.52. The standard InChI is InChI=1S/C20H19ClN2O8/c1-28-13-5-3-9-7-10(19(26)30-15(9)16(13)29-2)22-18(25)11-8-20(27)14(21)6-4-12(24)17(20)31-23-11/h3-7,12,14,17,24,27H,8H2,1-2H3,(H,22,25)/t12?,14-,17?,20?/m1/s1. The van der Waals surface area contributed by atoms with E-state index in [2.05, 4.69) is 10.5 Å². The second-order valence-corrected chi connectivity index (χ2v) is 7.60. The molecule has 2 aliphatic rings. The first-order valence-electron chi connectivity index (χ1n) is 9.24. The molecular weight excluding hydrogens is 432 g/mol. The number of methoxy groups -OCH3 is 2. The summed E-state index contributed by atoms with van der Waals surface area (Å²) in [5.74, 6) is -0.164.